The summed E-state index contributed by atoms with van der Waals surface area (Å²) in [4.78, 5) is 28.4. The molecule has 1 rings (SSSR count). The van der Waals surface area contributed by atoms with Crippen LogP contribution in [0.1, 0.15) is 0 Å². The summed E-state index contributed by atoms with van der Waals surface area (Å²) < 4.78 is 18.1. The van der Waals surface area contributed by atoms with Crippen LogP contribution in [0.2, 0.25) is 0 Å². The van der Waals surface area contributed by atoms with E-state index in [1.54, 1.807) is 44.4 Å². The number of carbonyl (C=O) groups is 2. The van der Waals surface area contributed by atoms with Gasteiger partial charge in [-0.1, -0.05) is 18.2 Å². The summed E-state index contributed by atoms with van der Waals surface area (Å²) in [5.41, 5.74) is 0. The monoisotopic (exact) mass is 314 g/mol. The highest BCUT2D eigenvalue weighted by Crippen LogP contribution is 2.26. The van der Waals surface area contributed by atoms with Gasteiger partial charge < -0.3 is 14.1 Å². The van der Waals surface area contributed by atoms with Crippen LogP contribution in [-0.4, -0.2) is 55.5 Å². The molecule has 0 saturated heterocycles. The number of hydrogen-bond acceptors (Lipinski definition) is 5. The van der Waals surface area contributed by atoms with Crippen molar-refractivity contribution in [3.63, 3.8) is 0 Å². The summed E-state index contributed by atoms with van der Waals surface area (Å²) in [5.74, 6) is -0.291. The van der Waals surface area contributed by atoms with Crippen molar-refractivity contribution >= 4 is 20.3 Å². The number of para-hydroxylation sites is 1. The lowest BCUT2D eigenvalue weighted by atomic mass is 10.3. The van der Waals surface area contributed by atoms with Crippen LogP contribution < -0.4 is 4.84 Å². The lowest BCUT2D eigenvalue weighted by molar-refractivity contribution is -0.168. The third kappa shape index (κ3) is 5.21. The fraction of sp³-hybridized carbons (Fsp3) is 0.385. The van der Waals surface area contributed by atoms with E-state index < -0.39 is 20.0 Å². The molecule has 0 aliphatic rings. The van der Waals surface area contributed by atoms with Crippen LogP contribution in [0, 0.1) is 0 Å². The average Bonchev–Trinajstić information content (AvgIpc) is 2.50. The van der Waals surface area contributed by atoms with E-state index in [1.807, 2.05) is 0 Å². The second kappa shape index (κ2) is 8.44. The minimum atomic E-state index is -2.20. The van der Waals surface area contributed by atoms with Gasteiger partial charge in [0.25, 0.3) is 0 Å². The Kier molecular flexibility index (Phi) is 6.91. The molecule has 0 fully saturated rings. The molecule has 0 radical (unpaired) electrons. The van der Waals surface area contributed by atoms with Gasteiger partial charge in [-0.25, -0.2) is 4.79 Å². The van der Waals surface area contributed by atoms with Crippen molar-refractivity contribution in [3.8, 4) is 5.75 Å². The lowest BCUT2D eigenvalue weighted by Crippen LogP contribution is -2.45. The third-order valence-corrected chi connectivity index (χ3v) is 4.44. The van der Waals surface area contributed by atoms with Crippen LogP contribution in [0.15, 0.2) is 30.3 Å². The number of rotatable bonds is 8. The molecule has 2 atom stereocenters. The molecule has 0 spiro atoms. The first-order chi connectivity index (χ1) is 9.99. The van der Waals surface area contributed by atoms with Crippen molar-refractivity contribution in [1.29, 1.82) is 0 Å². The van der Waals surface area contributed by atoms with Crippen molar-refractivity contribution < 1.29 is 23.7 Å². The quantitative estimate of drug-likeness (QED) is 0.309. The Hall–Kier alpha value is -1.85. The fourth-order valence-electron chi connectivity index (χ4n) is 1.52. The standard InChI is InChI=1S/C13H19N2O5P/c1-14(2)21(18)9-12(13(17)19-3)15(10-16)20-11-7-5-4-6-8-11/h4-8,10,12,21H,9H2,1-3H3. The van der Waals surface area contributed by atoms with Crippen LogP contribution in [0.4, 0.5) is 0 Å². The number of amides is 1. The molecular formula is C13H19N2O5P. The van der Waals surface area contributed by atoms with Crippen molar-refractivity contribution in [2.24, 2.45) is 0 Å². The van der Waals surface area contributed by atoms with Gasteiger partial charge >= 0.3 is 5.97 Å². The molecule has 0 bridgehead atoms. The minimum absolute atomic E-state index is 0.0457. The Labute approximate surface area is 124 Å². The zero-order chi connectivity index (χ0) is 15.8. The van der Waals surface area contributed by atoms with E-state index in [9.17, 15) is 14.2 Å². The number of esters is 1. The number of hydroxylamine groups is 2. The van der Waals surface area contributed by atoms with E-state index in [0.717, 1.165) is 5.06 Å². The SMILES string of the molecule is COC(=O)C(C[PH](=O)N(C)C)N(C=O)Oc1ccccc1. The maximum atomic E-state index is 12.0. The van der Waals surface area contributed by atoms with Crippen LogP contribution in [0.5, 0.6) is 5.75 Å². The molecule has 1 aromatic carbocycles. The topological polar surface area (TPSA) is 76.2 Å². The Bertz CT molecular complexity index is 495. The summed E-state index contributed by atoms with van der Waals surface area (Å²) in [6.07, 6.45) is 0.329. The highest BCUT2D eigenvalue weighted by atomic mass is 31.1. The van der Waals surface area contributed by atoms with Gasteiger partial charge in [0.2, 0.25) is 6.41 Å². The minimum Gasteiger partial charge on any atom is -0.467 e. The molecule has 8 heteroatoms. The predicted molar refractivity (Wildman–Crippen MR) is 78.3 cm³/mol. The van der Waals surface area contributed by atoms with Crippen LogP contribution >= 0.6 is 7.95 Å². The number of nitrogens with zero attached hydrogens (tertiary/aromatic N) is 2. The normalized spacial score (nSPS) is 13.3. The van der Waals surface area contributed by atoms with Crippen molar-refractivity contribution in [2.75, 3.05) is 27.4 Å². The Morgan fingerprint density at radius 1 is 1.33 bits per heavy atom. The first kappa shape index (κ1) is 17.2. The highest BCUT2D eigenvalue weighted by molar-refractivity contribution is 7.42. The largest absolute Gasteiger partial charge is 0.467 e. The van der Waals surface area contributed by atoms with Gasteiger partial charge in [-0.15, -0.1) is 0 Å². The van der Waals surface area contributed by atoms with Gasteiger partial charge in [0, 0.05) is 6.16 Å². The van der Waals surface area contributed by atoms with E-state index in [2.05, 4.69) is 4.74 Å². The Balaban J connectivity index is 2.90. The maximum absolute atomic E-state index is 12.0. The van der Waals surface area contributed by atoms with Crippen molar-refractivity contribution in [1.82, 2.24) is 9.73 Å². The Morgan fingerprint density at radius 3 is 2.43 bits per heavy atom. The molecule has 0 aromatic heterocycles. The molecule has 116 valence electrons. The lowest BCUT2D eigenvalue weighted by Gasteiger charge is -2.26. The summed E-state index contributed by atoms with van der Waals surface area (Å²) in [5, 5.41) is 0.827. The van der Waals surface area contributed by atoms with E-state index >= 15 is 0 Å². The number of hydrogen-bond donors (Lipinski definition) is 0. The Morgan fingerprint density at radius 2 is 1.95 bits per heavy atom. The van der Waals surface area contributed by atoms with Gasteiger partial charge in [-0.2, -0.15) is 5.06 Å². The number of ether oxygens (including phenoxy) is 1. The van der Waals surface area contributed by atoms with Crippen molar-refractivity contribution in [3.05, 3.63) is 30.3 Å². The van der Waals surface area contributed by atoms with Gasteiger partial charge in [0.15, 0.2) is 11.8 Å². The molecular weight excluding hydrogens is 295 g/mol. The molecule has 0 saturated carbocycles. The first-order valence-corrected chi connectivity index (χ1v) is 7.80. The molecule has 21 heavy (non-hydrogen) atoms. The second-order valence-corrected chi connectivity index (χ2v) is 6.49. The molecule has 0 heterocycles. The van der Waals surface area contributed by atoms with Crippen LogP contribution in [0.25, 0.3) is 0 Å². The maximum Gasteiger partial charge on any atom is 0.332 e. The molecule has 0 aliphatic carbocycles. The number of carbonyl (C=O) groups excluding carboxylic acids is 2. The molecule has 1 amide bonds. The third-order valence-electron chi connectivity index (χ3n) is 2.71. The first-order valence-electron chi connectivity index (χ1n) is 6.24. The van der Waals surface area contributed by atoms with E-state index in [4.69, 9.17) is 4.84 Å². The summed E-state index contributed by atoms with van der Waals surface area (Å²) in [7, 11) is 2.27. The smallest absolute Gasteiger partial charge is 0.332 e. The van der Waals surface area contributed by atoms with Crippen LogP contribution in [-0.2, 0) is 18.9 Å². The average molecular weight is 314 g/mol. The second-order valence-electron chi connectivity index (χ2n) is 4.40. The van der Waals surface area contributed by atoms with Gasteiger partial charge in [0.1, 0.15) is 7.95 Å². The zero-order valence-corrected chi connectivity index (χ0v) is 13.2. The van der Waals surface area contributed by atoms with Crippen molar-refractivity contribution in [2.45, 2.75) is 6.04 Å². The molecule has 7 nitrogen and oxygen atoms in total. The van der Waals surface area contributed by atoms with E-state index in [-0.39, 0.29) is 6.16 Å². The van der Waals surface area contributed by atoms with Gasteiger partial charge in [0.05, 0.1) is 7.11 Å². The summed E-state index contributed by atoms with van der Waals surface area (Å²) >= 11 is 0. The van der Waals surface area contributed by atoms with Crippen LogP contribution in [0.3, 0.4) is 0 Å². The van der Waals surface area contributed by atoms with Gasteiger partial charge in [-0.3, -0.25) is 9.46 Å². The van der Waals surface area contributed by atoms with E-state index in [1.165, 1.54) is 11.8 Å². The predicted octanol–water partition coefficient (Wildman–Crippen LogP) is 1.02. The number of benzene rings is 1. The number of methoxy groups -OCH3 is 1. The zero-order valence-electron chi connectivity index (χ0n) is 12.2. The van der Waals surface area contributed by atoms with E-state index in [0.29, 0.717) is 12.2 Å². The van der Waals surface area contributed by atoms with Gasteiger partial charge in [-0.05, 0) is 26.2 Å². The molecule has 1 aromatic rings. The summed E-state index contributed by atoms with van der Waals surface area (Å²) in [6, 6.07) is 7.46. The highest BCUT2D eigenvalue weighted by Gasteiger charge is 2.30. The molecule has 0 aliphatic heterocycles. The molecule has 2 unspecified atom stereocenters. The summed E-state index contributed by atoms with van der Waals surface area (Å²) in [6.45, 7) is 0. The molecule has 0 N–H and O–H groups in total. The fourth-order valence-corrected chi connectivity index (χ4v) is 2.57.